The molecule has 0 fully saturated rings. The maximum absolute atomic E-state index is 10.8. The van der Waals surface area contributed by atoms with E-state index >= 15 is 0 Å². The van der Waals surface area contributed by atoms with Crippen molar-refractivity contribution in [1.29, 1.82) is 0 Å². The fourth-order valence-corrected chi connectivity index (χ4v) is 2.38. The number of hydrogen-bond acceptors (Lipinski definition) is 4. The summed E-state index contributed by atoms with van der Waals surface area (Å²) in [5, 5.41) is 9.75. The van der Waals surface area contributed by atoms with Crippen LogP contribution in [0.3, 0.4) is 0 Å². The van der Waals surface area contributed by atoms with Crippen LogP contribution in [0, 0.1) is 0 Å². The first-order valence-corrected chi connectivity index (χ1v) is 5.50. The molecule has 15 heavy (non-hydrogen) atoms. The number of nitrogens with zero attached hydrogens (tertiary/aromatic N) is 2. The molecule has 1 N–H and O–H groups in total. The quantitative estimate of drug-likeness (QED) is 0.823. The Morgan fingerprint density at radius 1 is 1.60 bits per heavy atom. The molecule has 2 rings (SSSR count). The molecule has 78 valence electrons. The first-order valence-electron chi connectivity index (χ1n) is 4.31. The van der Waals surface area contributed by atoms with Crippen LogP contribution in [0.4, 0.5) is 0 Å². The Kier molecular flexibility index (Phi) is 2.58. The number of fused-ring (bicyclic) bond motifs is 1. The van der Waals surface area contributed by atoms with Crippen molar-refractivity contribution in [1.82, 2.24) is 9.97 Å². The summed E-state index contributed by atoms with van der Waals surface area (Å²) >= 11 is 7.04. The van der Waals surface area contributed by atoms with Gasteiger partial charge in [-0.3, -0.25) is 0 Å². The Hall–Kier alpha value is -1.20. The van der Waals surface area contributed by atoms with Crippen LogP contribution >= 0.6 is 22.9 Å². The summed E-state index contributed by atoms with van der Waals surface area (Å²) in [4.78, 5) is 19.9. The summed E-state index contributed by atoms with van der Waals surface area (Å²) in [6.07, 6.45) is 0.677. The minimum atomic E-state index is -0.966. The van der Waals surface area contributed by atoms with Gasteiger partial charge in [-0.25, -0.2) is 14.8 Å². The average Bonchev–Trinajstić information content (AvgIpc) is 2.61. The summed E-state index contributed by atoms with van der Waals surface area (Å²) in [5.41, 5.74) is 0. The molecule has 2 heterocycles. The fourth-order valence-electron chi connectivity index (χ4n) is 1.19. The smallest absolute Gasteiger partial charge is 0.345 e. The predicted octanol–water partition coefficient (Wildman–Crippen LogP) is 2.61. The van der Waals surface area contributed by atoms with Gasteiger partial charge in [-0.1, -0.05) is 18.5 Å². The highest BCUT2D eigenvalue weighted by Crippen LogP contribution is 2.28. The molecule has 0 spiro atoms. The number of carboxylic acids is 1. The number of thiophene rings is 1. The molecular formula is C9H7ClN2O2S. The summed E-state index contributed by atoms with van der Waals surface area (Å²) < 4.78 is 0. The van der Waals surface area contributed by atoms with Crippen molar-refractivity contribution in [2.24, 2.45) is 0 Å². The standard InChI is InChI=1S/C9H7ClN2O2S/c1-2-6-11-7(10)4-3-5(9(13)14)15-8(4)12-6/h3H,2H2,1H3,(H,13,14). The number of carboxylic acid groups (broad SMARTS) is 1. The zero-order valence-corrected chi connectivity index (χ0v) is 9.39. The highest BCUT2D eigenvalue weighted by Gasteiger charge is 2.13. The SMILES string of the molecule is CCc1nc(Cl)c2cc(C(=O)O)sc2n1. The van der Waals surface area contributed by atoms with E-state index in [1.165, 1.54) is 6.07 Å². The molecule has 0 aliphatic heterocycles. The zero-order chi connectivity index (χ0) is 11.0. The van der Waals surface area contributed by atoms with E-state index < -0.39 is 5.97 Å². The van der Waals surface area contributed by atoms with Gasteiger partial charge >= 0.3 is 5.97 Å². The maximum atomic E-state index is 10.8. The summed E-state index contributed by atoms with van der Waals surface area (Å²) in [6.45, 7) is 1.92. The lowest BCUT2D eigenvalue weighted by atomic mass is 10.3. The summed E-state index contributed by atoms with van der Waals surface area (Å²) in [6, 6.07) is 1.50. The van der Waals surface area contributed by atoms with Crippen LogP contribution in [0.1, 0.15) is 22.4 Å². The molecule has 0 aliphatic carbocycles. The highest BCUT2D eigenvalue weighted by atomic mass is 35.5. The largest absolute Gasteiger partial charge is 0.477 e. The Labute approximate surface area is 94.5 Å². The number of aryl methyl sites for hydroxylation is 1. The number of aromatic nitrogens is 2. The van der Waals surface area contributed by atoms with Gasteiger partial charge in [-0.15, -0.1) is 11.3 Å². The molecule has 2 aromatic rings. The molecule has 0 aromatic carbocycles. The number of aromatic carboxylic acids is 1. The van der Waals surface area contributed by atoms with Gasteiger partial charge < -0.3 is 5.11 Å². The van der Waals surface area contributed by atoms with E-state index in [-0.39, 0.29) is 4.88 Å². The Balaban J connectivity index is 2.69. The normalized spacial score (nSPS) is 10.8. The molecular weight excluding hydrogens is 236 g/mol. The lowest BCUT2D eigenvalue weighted by Crippen LogP contribution is -1.91. The molecule has 4 nitrogen and oxygen atoms in total. The van der Waals surface area contributed by atoms with Gasteiger partial charge in [0, 0.05) is 11.8 Å². The molecule has 0 amide bonds. The highest BCUT2D eigenvalue weighted by molar-refractivity contribution is 7.20. The molecule has 0 radical (unpaired) electrons. The molecule has 0 saturated heterocycles. The lowest BCUT2D eigenvalue weighted by Gasteiger charge is -1.96. The van der Waals surface area contributed by atoms with Gasteiger partial charge in [0.2, 0.25) is 0 Å². The van der Waals surface area contributed by atoms with Crippen molar-refractivity contribution in [2.45, 2.75) is 13.3 Å². The first-order chi connectivity index (χ1) is 7.11. The van der Waals surface area contributed by atoms with Crippen LogP contribution in [0.15, 0.2) is 6.07 Å². The number of carbonyl (C=O) groups is 1. The summed E-state index contributed by atoms with van der Waals surface area (Å²) in [5.74, 6) is -0.335. The van der Waals surface area contributed by atoms with Crippen LogP contribution in [0.25, 0.3) is 10.2 Å². The van der Waals surface area contributed by atoms with Crippen molar-refractivity contribution in [3.05, 3.63) is 21.9 Å². The Morgan fingerprint density at radius 3 is 2.93 bits per heavy atom. The van der Waals surface area contributed by atoms with Crippen LogP contribution < -0.4 is 0 Å². The lowest BCUT2D eigenvalue weighted by molar-refractivity contribution is 0.0702. The van der Waals surface area contributed by atoms with Gasteiger partial charge in [0.15, 0.2) is 0 Å². The monoisotopic (exact) mass is 242 g/mol. The minimum Gasteiger partial charge on any atom is -0.477 e. The van der Waals surface area contributed by atoms with Gasteiger partial charge in [-0.05, 0) is 6.07 Å². The topological polar surface area (TPSA) is 63.1 Å². The first kappa shape index (κ1) is 10.3. The van der Waals surface area contributed by atoms with Crippen LogP contribution in [0.2, 0.25) is 5.15 Å². The fraction of sp³-hybridized carbons (Fsp3) is 0.222. The molecule has 0 bridgehead atoms. The van der Waals surface area contributed by atoms with Crippen molar-refractivity contribution in [3.63, 3.8) is 0 Å². The molecule has 0 saturated carbocycles. The third-order valence-electron chi connectivity index (χ3n) is 1.92. The minimum absolute atomic E-state index is 0.231. The van der Waals surface area contributed by atoms with Gasteiger partial charge in [0.25, 0.3) is 0 Å². The van der Waals surface area contributed by atoms with E-state index in [1.54, 1.807) is 0 Å². The van der Waals surface area contributed by atoms with Gasteiger partial charge in [0.05, 0.1) is 0 Å². The number of hydrogen-bond donors (Lipinski definition) is 1. The molecule has 0 unspecified atom stereocenters. The molecule has 0 aliphatic rings. The second kappa shape index (κ2) is 3.75. The van der Waals surface area contributed by atoms with Crippen molar-refractivity contribution in [3.8, 4) is 0 Å². The average molecular weight is 243 g/mol. The Morgan fingerprint density at radius 2 is 2.33 bits per heavy atom. The van der Waals surface area contributed by atoms with E-state index in [0.29, 0.717) is 27.6 Å². The second-order valence-electron chi connectivity index (χ2n) is 2.92. The van der Waals surface area contributed by atoms with Gasteiger partial charge in [-0.2, -0.15) is 0 Å². The van der Waals surface area contributed by atoms with Crippen LogP contribution in [-0.4, -0.2) is 21.0 Å². The summed E-state index contributed by atoms with van der Waals surface area (Å²) in [7, 11) is 0. The zero-order valence-electron chi connectivity index (χ0n) is 7.82. The van der Waals surface area contributed by atoms with Crippen molar-refractivity contribution >= 4 is 39.1 Å². The van der Waals surface area contributed by atoms with E-state index in [0.717, 1.165) is 11.3 Å². The molecule has 6 heteroatoms. The molecule has 0 atom stereocenters. The van der Waals surface area contributed by atoms with E-state index in [2.05, 4.69) is 9.97 Å². The third-order valence-corrected chi connectivity index (χ3v) is 3.22. The van der Waals surface area contributed by atoms with E-state index in [9.17, 15) is 4.79 Å². The number of halogens is 1. The van der Waals surface area contributed by atoms with E-state index in [4.69, 9.17) is 16.7 Å². The van der Waals surface area contributed by atoms with Crippen LogP contribution in [0.5, 0.6) is 0 Å². The second-order valence-corrected chi connectivity index (χ2v) is 4.31. The van der Waals surface area contributed by atoms with Crippen molar-refractivity contribution < 1.29 is 9.90 Å². The maximum Gasteiger partial charge on any atom is 0.345 e. The van der Waals surface area contributed by atoms with Crippen molar-refractivity contribution in [2.75, 3.05) is 0 Å². The molecule has 2 aromatic heterocycles. The third kappa shape index (κ3) is 1.80. The number of rotatable bonds is 2. The Bertz CT molecular complexity index is 538. The predicted molar refractivity (Wildman–Crippen MR) is 58.8 cm³/mol. The van der Waals surface area contributed by atoms with Gasteiger partial charge in [0.1, 0.15) is 20.7 Å². The van der Waals surface area contributed by atoms with Crippen LogP contribution in [-0.2, 0) is 6.42 Å². The van der Waals surface area contributed by atoms with E-state index in [1.807, 2.05) is 6.92 Å².